The van der Waals surface area contributed by atoms with Crippen molar-refractivity contribution in [2.75, 3.05) is 18.0 Å². The lowest BCUT2D eigenvalue weighted by Gasteiger charge is -2.41. The number of hydrogen-bond donors (Lipinski definition) is 1. The maximum Gasteiger partial charge on any atom is 0.337 e. The molecule has 2 aromatic heterocycles. The van der Waals surface area contributed by atoms with Crippen molar-refractivity contribution in [2.45, 2.75) is 98.4 Å². The molecule has 4 aromatic rings. The number of rotatable bonds is 3. The van der Waals surface area contributed by atoms with E-state index in [4.69, 9.17) is 19.6 Å². The number of aromatic nitrogens is 3. The van der Waals surface area contributed by atoms with Gasteiger partial charge in [0.2, 0.25) is 0 Å². The highest BCUT2D eigenvalue weighted by Gasteiger charge is 2.37. The molecule has 47 heavy (non-hydrogen) atoms. The molecule has 0 spiro atoms. The predicted octanol–water partition coefficient (Wildman–Crippen LogP) is 8.73. The Morgan fingerprint density at radius 2 is 1.79 bits per heavy atom. The third-order valence-electron chi connectivity index (χ3n) is 9.51. The van der Waals surface area contributed by atoms with Crippen molar-refractivity contribution in [3.63, 3.8) is 0 Å². The van der Waals surface area contributed by atoms with Crippen molar-refractivity contribution >= 4 is 17.4 Å². The number of anilines is 1. The lowest BCUT2D eigenvalue weighted by molar-refractivity contribution is -0.160. The number of aryl methyl sites for hydroxylation is 2. The summed E-state index contributed by atoms with van der Waals surface area (Å²) in [5, 5.41) is 15.6. The Kier molecular flexibility index (Phi) is 8.92. The summed E-state index contributed by atoms with van der Waals surface area (Å²) in [5.41, 5.74) is 6.35. The van der Waals surface area contributed by atoms with Crippen molar-refractivity contribution in [1.82, 2.24) is 14.6 Å². The van der Waals surface area contributed by atoms with Crippen LogP contribution in [-0.4, -0.2) is 50.5 Å². The van der Waals surface area contributed by atoms with Crippen LogP contribution < -0.4 is 9.64 Å². The molecule has 0 amide bonds. The molecule has 1 saturated heterocycles. The second kappa shape index (κ2) is 12.8. The van der Waals surface area contributed by atoms with Crippen LogP contribution >= 0.6 is 0 Å². The van der Waals surface area contributed by atoms with Crippen LogP contribution in [0.15, 0.2) is 60.7 Å². The molecule has 6 bridgehead atoms. The molecule has 2 aromatic carbocycles. The van der Waals surface area contributed by atoms with Gasteiger partial charge in [-0.1, -0.05) is 48.9 Å². The van der Waals surface area contributed by atoms with Gasteiger partial charge in [-0.2, -0.15) is 9.61 Å². The molecule has 1 N–H and O–H groups in total. The zero-order valence-corrected chi connectivity index (χ0v) is 28.8. The first-order valence-corrected chi connectivity index (χ1v) is 16.9. The molecular weight excluding hydrogens is 588 g/mol. The van der Waals surface area contributed by atoms with Crippen molar-refractivity contribution in [1.29, 1.82) is 0 Å². The normalized spacial score (nSPS) is 21.7. The number of allylic oxidation sites excluding steroid dienone is 1. The van der Waals surface area contributed by atoms with E-state index in [2.05, 4.69) is 74.2 Å². The van der Waals surface area contributed by atoms with E-state index in [0.717, 1.165) is 84.7 Å². The number of benzene rings is 2. The van der Waals surface area contributed by atoms with E-state index < -0.39 is 17.7 Å². The third-order valence-corrected chi connectivity index (χ3v) is 9.51. The van der Waals surface area contributed by atoms with Gasteiger partial charge in [-0.15, -0.1) is 0 Å². The first kappa shape index (κ1) is 32.8. The number of aliphatic carboxylic acids is 1. The van der Waals surface area contributed by atoms with Crippen molar-refractivity contribution in [3.8, 4) is 28.1 Å². The van der Waals surface area contributed by atoms with E-state index in [1.54, 1.807) is 0 Å². The van der Waals surface area contributed by atoms with Crippen molar-refractivity contribution in [2.24, 2.45) is 5.41 Å². The number of ether oxygens (including phenoxy) is 2. The van der Waals surface area contributed by atoms with Crippen molar-refractivity contribution < 1.29 is 19.4 Å². The van der Waals surface area contributed by atoms with Gasteiger partial charge in [0.1, 0.15) is 11.6 Å². The minimum atomic E-state index is -1.19. The molecule has 1 unspecified atom stereocenters. The van der Waals surface area contributed by atoms with E-state index in [1.807, 2.05) is 44.3 Å². The molecule has 0 aliphatic carbocycles. The number of hydrogen-bond acceptors (Lipinski definition) is 6. The second-order valence-corrected chi connectivity index (χ2v) is 14.7. The number of fused-ring (bicyclic) bond motifs is 7. The SMILES string of the molecule is Cc1ccc2c(c1)-c1cccc(c1)-c1cc3nc(C)c([C@H](OC(C)(C)C)C(=O)O)c(n3n1)N1CCC(C)(CC/C=C\CC(C)O2)CC1. The molecular formula is C39H48N4O4. The first-order valence-electron chi connectivity index (χ1n) is 16.9. The molecule has 8 nitrogen and oxygen atoms in total. The molecule has 0 radical (unpaired) electrons. The molecule has 2 atom stereocenters. The summed E-state index contributed by atoms with van der Waals surface area (Å²) < 4.78 is 14.6. The van der Waals surface area contributed by atoms with Crippen LogP contribution in [0, 0.1) is 19.3 Å². The number of nitrogens with zero attached hydrogens (tertiary/aromatic N) is 4. The standard InChI is InChI=1S/C39H48N4O4/c1-25-15-16-32-30(22-25)28-13-11-14-29(23-28)31-24-33-40-27(3)34(35(37(44)45)47-38(4,5)6)36(43(33)41-31)42-20-18-39(7,19-21-42)17-10-8-9-12-26(2)46-32/h8-9,11,13-16,22-24,26,35H,10,12,17-21H2,1-7H3,(H,44,45)/b9-8-/t26?,35-/m0/s1. The summed E-state index contributed by atoms with van der Waals surface area (Å²) >= 11 is 0. The number of piperidine rings is 1. The fraction of sp³-hybridized carbons (Fsp3) is 0.462. The third kappa shape index (κ3) is 7.08. The average molecular weight is 637 g/mol. The van der Waals surface area contributed by atoms with Gasteiger partial charge in [-0.05, 0) is 96.4 Å². The Balaban J connectivity index is 1.55. The second-order valence-electron chi connectivity index (χ2n) is 14.7. The van der Waals surface area contributed by atoms with Crippen LogP contribution in [0.25, 0.3) is 28.0 Å². The average Bonchev–Trinajstić information content (AvgIpc) is 3.43. The van der Waals surface area contributed by atoms with Gasteiger partial charge in [0.05, 0.1) is 23.0 Å². The topological polar surface area (TPSA) is 89.2 Å². The lowest BCUT2D eigenvalue weighted by atomic mass is 9.76. The van der Waals surface area contributed by atoms with Crippen LogP contribution in [0.4, 0.5) is 5.82 Å². The Bertz CT molecular complexity index is 1810. The fourth-order valence-corrected chi connectivity index (χ4v) is 6.88. The molecule has 7 rings (SSSR count). The number of carboxylic acid groups (broad SMARTS) is 1. The summed E-state index contributed by atoms with van der Waals surface area (Å²) in [4.78, 5) is 20.1. The highest BCUT2D eigenvalue weighted by Crippen LogP contribution is 2.42. The summed E-state index contributed by atoms with van der Waals surface area (Å²) in [6.45, 7) is 15.7. The van der Waals surface area contributed by atoms with E-state index in [9.17, 15) is 9.90 Å². The van der Waals surface area contributed by atoms with E-state index in [-0.39, 0.29) is 11.5 Å². The highest BCUT2D eigenvalue weighted by molar-refractivity contribution is 5.80. The van der Waals surface area contributed by atoms with Gasteiger partial charge >= 0.3 is 5.97 Å². The van der Waals surface area contributed by atoms with Crippen LogP contribution in [0.2, 0.25) is 0 Å². The smallest absolute Gasteiger partial charge is 0.337 e. The molecule has 3 aliphatic heterocycles. The van der Waals surface area contributed by atoms with E-state index in [1.165, 1.54) is 0 Å². The molecule has 5 heterocycles. The minimum Gasteiger partial charge on any atom is -0.490 e. The molecule has 3 aliphatic rings. The Hall–Kier alpha value is -4.17. The zero-order chi connectivity index (χ0) is 33.5. The van der Waals surface area contributed by atoms with E-state index >= 15 is 0 Å². The number of carbonyl (C=O) groups is 1. The van der Waals surface area contributed by atoms with Gasteiger partial charge in [-0.3, -0.25) is 0 Å². The van der Waals surface area contributed by atoms with Crippen molar-refractivity contribution in [3.05, 3.63) is 77.5 Å². The number of carboxylic acids is 1. The first-order chi connectivity index (χ1) is 22.3. The molecule has 8 heteroatoms. The van der Waals surface area contributed by atoms with Gasteiger partial charge in [0.15, 0.2) is 11.8 Å². The van der Waals surface area contributed by atoms with Crippen LogP contribution in [0.5, 0.6) is 5.75 Å². The van der Waals surface area contributed by atoms with Crippen LogP contribution in [-0.2, 0) is 9.53 Å². The monoisotopic (exact) mass is 636 g/mol. The maximum absolute atomic E-state index is 12.8. The summed E-state index contributed by atoms with van der Waals surface area (Å²) in [5.74, 6) is 0.579. The molecule has 1 fully saturated rings. The van der Waals surface area contributed by atoms with Gasteiger partial charge < -0.3 is 19.5 Å². The Morgan fingerprint density at radius 3 is 2.51 bits per heavy atom. The van der Waals surface area contributed by atoms with Gasteiger partial charge in [-0.25, -0.2) is 9.78 Å². The van der Waals surface area contributed by atoms with E-state index in [0.29, 0.717) is 16.9 Å². The Morgan fingerprint density at radius 1 is 1.04 bits per heavy atom. The highest BCUT2D eigenvalue weighted by atomic mass is 16.5. The fourth-order valence-electron chi connectivity index (χ4n) is 6.88. The molecule has 248 valence electrons. The van der Waals surface area contributed by atoms with Crippen LogP contribution in [0.1, 0.15) is 89.6 Å². The summed E-state index contributed by atoms with van der Waals surface area (Å²) in [6, 6.07) is 16.7. The summed E-state index contributed by atoms with van der Waals surface area (Å²) in [7, 11) is 0. The van der Waals surface area contributed by atoms with Gasteiger partial charge in [0, 0.05) is 42.4 Å². The zero-order valence-electron chi connectivity index (χ0n) is 28.8. The largest absolute Gasteiger partial charge is 0.490 e. The maximum atomic E-state index is 12.8. The quantitative estimate of drug-likeness (QED) is 0.225. The van der Waals surface area contributed by atoms with Gasteiger partial charge in [0.25, 0.3) is 0 Å². The predicted molar refractivity (Wildman–Crippen MR) is 187 cm³/mol. The summed E-state index contributed by atoms with van der Waals surface area (Å²) in [6.07, 6.45) is 8.35. The minimum absolute atomic E-state index is 0.0394. The Labute approximate surface area is 278 Å². The molecule has 0 saturated carbocycles. The lowest BCUT2D eigenvalue weighted by Crippen LogP contribution is -2.41. The van der Waals surface area contributed by atoms with Crippen LogP contribution in [0.3, 0.4) is 0 Å².